The highest BCUT2D eigenvalue weighted by Crippen LogP contribution is 2.35. The molecule has 1 aliphatic heterocycles. The van der Waals surface area contributed by atoms with Crippen LogP contribution in [0.2, 0.25) is 0 Å². The molecular weight excluding hydrogens is 294 g/mol. The molecule has 4 nitrogen and oxygen atoms in total. The highest BCUT2D eigenvalue weighted by Gasteiger charge is 2.26. The third-order valence-electron chi connectivity index (χ3n) is 5.21. The largest absolute Gasteiger partial charge is 0.306 e. The first-order valence-corrected chi connectivity index (χ1v) is 9.25. The zero-order chi connectivity index (χ0) is 15.3. The second-order valence-corrected chi connectivity index (χ2v) is 7.71. The zero-order valence-electron chi connectivity index (χ0n) is 13.4. The standard InChI is InChI=1S/C17H23N3OS/c1-3-14-18-16-15(12-5-4-6-13(12)22-16)17(21)20(14)11-7-9-19(2)10-8-11/h11H,3-10H2,1-2H3. The van der Waals surface area contributed by atoms with Gasteiger partial charge in [0.15, 0.2) is 0 Å². The van der Waals surface area contributed by atoms with Crippen LogP contribution >= 0.6 is 11.3 Å². The molecule has 5 heteroatoms. The van der Waals surface area contributed by atoms with E-state index in [1.807, 2.05) is 4.57 Å². The first-order valence-electron chi connectivity index (χ1n) is 8.43. The molecule has 0 bridgehead atoms. The quantitative estimate of drug-likeness (QED) is 0.855. The van der Waals surface area contributed by atoms with Crippen molar-refractivity contribution >= 4 is 21.6 Å². The van der Waals surface area contributed by atoms with Gasteiger partial charge >= 0.3 is 0 Å². The molecule has 2 aliphatic rings. The Morgan fingerprint density at radius 2 is 2.05 bits per heavy atom. The van der Waals surface area contributed by atoms with Gasteiger partial charge < -0.3 is 4.90 Å². The summed E-state index contributed by atoms with van der Waals surface area (Å²) in [6.07, 6.45) is 6.34. The van der Waals surface area contributed by atoms with Crippen LogP contribution in [0.5, 0.6) is 0 Å². The van der Waals surface area contributed by atoms with Gasteiger partial charge in [-0.15, -0.1) is 11.3 Å². The number of hydrogen-bond donors (Lipinski definition) is 0. The number of aryl methyl sites for hydroxylation is 3. The maximum Gasteiger partial charge on any atom is 0.262 e. The van der Waals surface area contributed by atoms with Gasteiger partial charge in [0.2, 0.25) is 0 Å². The predicted molar refractivity (Wildman–Crippen MR) is 91.1 cm³/mol. The maximum atomic E-state index is 13.2. The molecule has 0 amide bonds. The highest BCUT2D eigenvalue weighted by atomic mass is 32.1. The Morgan fingerprint density at radius 1 is 1.27 bits per heavy atom. The van der Waals surface area contributed by atoms with Crippen molar-refractivity contribution in [2.75, 3.05) is 20.1 Å². The molecule has 1 aliphatic carbocycles. The molecule has 0 radical (unpaired) electrons. The Morgan fingerprint density at radius 3 is 2.77 bits per heavy atom. The normalized spacial score (nSPS) is 19.9. The summed E-state index contributed by atoms with van der Waals surface area (Å²) in [5.74, 6) is 0.979. The number of fused-ring (bicyclic) bond motifs is 3. The molecule has 1 saturated heterocycles. The van der Waals surface area contributed by atoms with Crippen LogP contribution in [0.15, 0.2) is 4.79 Å². The van der Waals surface area contributed by atoms with Crippen molar-refractivity contribution in [2.45, 2.75) is 51.5 Å². The van der Waals surface area contributed by atoms with E-state index in [0.29, 0.717) is 6.04 Å². The monoisotopic (exact) mass is 317 g/mol. The Balaban J connectivity index is 1.89. The van der Waals surface area contributed by atoms with Crippen molar-refractivity contribution in [3.8, 4) is 0 Å². The molecule has 0 saturated carbocycles. The lowest BCUT2D eigenvalue weighted by Crippen LogP contribution is -2.37. The number of rotatable bonds is 2. The number of piperidine rings is 1. The van der Waals surface area contributed by atoms with Gasteiger partial charge in [-0.2, -0.15) is 0 Å². The van der Waals surface area contributed by atoms with Crippen LogP contribution < -0.4 is 5.56 Å². The number of thiophene rings is 1. The number of nitrogens with zero attached hydrogens (tertiary/aromatic N) is 3. The van der Waals surface area contributed by atoms with Crippen LogP contribution in [0.1, 0.15) is 48.5 Å². The molecular formula is C17H23N3OS. The van der Waals surface area contributed by atoms with E-state index in [2.05, 4.69) is 18.9 Å². The van der Waals surface area contributed by atoms with Gasteiger partial charge in [-0.1, -0.05) is 6.92 Å². The summed E-state index contributed by atoms with van der Waals surface area (Å²) < 4.78 is 2.04. The fourth-order valence-electron chi connectivity index (χ4n) is 3.98. The van der Waals surface area contributed by atoms with E-state index in [1.165, 1.54) is 16.9 Å². The van der Waals surface area contributed by atoms with Gasteiger partial charge in [0.1, 0.15) is 10.7 Å². The third kappa shape index (κ3) is 2.14. The molecule has 0 aromatic carbocycles. The van der Waals surface area contributed by atoms with Crippen LogP contribution in [-0.4, -0.2) is 34.6 Å². The molecule has 0 atom stereocenters. The fourth-order valence-corrected chi connectivity index (χ4v) is 5.25. The van der Waals surface area contributed by atoms with Crippen LogP contribution in [0.3, 0.4) is 0 Å². The van der Waals surface area contributed by atoms with E-state index < -0.39 is 0 Å². The average molecular weight is 317 g/mol. The molecule has 2 aromatic heterocycles. The van der Waals surface area contributed by atoms with Crippen LogP contribution in [-0.2, 0) is 19.3 Å². The van der Waals surface area contributed by atoms with Crippen molar-refractivity contribution in [3.05, 3.63) is 26.6 Å². The average Bonchev–Trinajstić information content (AvgIpc) is 3.08. The minimum Gasteiger partial charge on any atom is -0.306 e. The zero-order valence-corrected chi connectivity index (χ0v) is 14.2. The van der Waals surface area contributed by atoms with Crippen LogP contribution in [0.25, 0.3) is 10.2 Å². The summed E-state index contributed by atoms with van der Waals surface area (Å²) in [4.78, 5) is 22.8. The first kappa shape index (κ1) is 14.4. The van der Waals surface area contributed by atoms with Crippen molar-refractivity contribution in [1.82, 2.24) is 14.5 Å². The molecule has 22 heavy (non-hydrogen) atoms. The van der Waals surface area contributed by atoms with E-state index in [0.717, 1.165) is 61.2 Å². The van der Waals surface area contributed by atoms with Crippen LogP contribution in [0.4, 0.5) is 0 Å². The van der Waals surface area contributed by atoms with E-state index in [-0.39, 0.29) is 5.56 Å². The molecule has 0 spiro atoms. The van der Waals surface area contributed by atoms with Gasteiger partial charge in [0.25, 0.3) is 5.56 Å². The lowest BCUT2D eigenvalue weighted by atomic mass is 10.0. The van der Waals surface area contributed by atoms with Crippen molar-refractivity contribution in [1.29, 1.82) is 0 Å². The smallest absolute Gasteiger partial charge is 0.262 e. The van der Waals surface area contributed by atoms with Gasteiger partial charge in [-0.25, -0.2) is 4.98 Å². The lowest BCUT2D eigenvalue weighted by molar-refractivity contribution is 0.216. The Bertz CT molecular complexity index is 768. The number of hydrogen-bond acceptors (Lipinski definition) is 4. The molecule has 1 fully saturated rings. The molecule has 0 unspecified atom stereocenters. The van der Waals surface area contributed by atoms with Crippen molar-refractivity contribution in [2.24, 2.45) is 0 Å². The summed E-state index contributed by atoms with van der Waals surface area (Å²) in [7, 11) is 2.16. The molecule has 2 aromatic rings. The molecule has 118 valence electrons. The Hall–Kier alpha value is -1.20. The second kappa shape index (κ2) is 5.46. The van der Waals surface area contributed by atoms with Gasteiger partial charge in [-0.3, -0.25) is 9.36 Å². The predicted octanol–water partition coefficient (Wildman–Crippen LogP) is 2.78. The summed E-state index contributed by atoms with van der Waals surface area (Å²) in [5.41, 5.74) is 1.54. The minimum atomic E-state index is 0.232. The first-order chi connectivity index (χ1) is 10.7. The van der Waals surface area contributed by atoms with Crippen LogP contribution in [0, 0.1) is 0 Å². The summed E-state index contributed by atoms with van der Waals surface area (Å²) >= 11 is 1.75. The van der Waals surface area contributed by atoms with E-state index >= 15 is 0 Å². The van der Waals surface area contributed by atoms with E-state index in [1.54, 1.807) is 11.3 Å². The van der Waals surface area contributed by atoms with Gasteiger partial charge in [0, 0.05) is 17.3 Å². The highest BCUT2D eigenvalue weighted by molar-refractivity contribution is 7.18. The van der Waals surface area contributed by atoms with E-state index in [9.17, 15) is 4.79 Å². The Labute approximate surface area is 134 Å². The second-order valence-electron chi connectivity index (χ2n) is 6.63. The molecule has 3 heterocycles. The van der Waals surface area contributed by atoms with E-state index in [4.69, 9.17) is 4.98 Å². The SMILES string of the molecule is CCc1nc2sc3c(c2c(=O)n1C1CCN(C)CC1)CCC3. The fraction of sp³-hybridized carbons (Fsp3) is 0.647. The van der Waals surface area contributed by atoms with Gasteiger partial charge in [0.05, 0.1) is 5.39 Å². The lowest BCUT2D eigenvalue weighted by Gasteiger charge is -2.31. The maximum absolute atomic E-state index is 13.2. The third-order valence-corrected chi connectivity index (χ3v) is 6.40. The topological polar surface area (TPSA) is 38.1 Å². The molecule has 4 rings (SSSR count). The van der Waals surface area contributed by atoms with Crippen molar-refractivity contribution in [3.63, 3.8) is 0 Å². The summed E-state index contributed by atoms with van der Waals surface area (Å²) in [6, 6.07) is 0.326. The summed E-state index contributed by atoms with van der Waals surface area (Å²) in [5, 5.41) is 0.939. The Kier molecular flexibility index (Phi) is 3.57. The number of likely N-dealkylation sites (tertiary alicyclic amines) is 1. The molecule has 0 N–H and O–H groups in total. The number of aromatic nitrogens is 2. The summed E-state index contributed by atoms with van der Waals surface area (Å²) in [6.45, 7) is 4.25. The van der Waals surface area contributed by atoms with Gasteiger partial charge in [-0.05, 0) is 57.8 Å². The van der Waals surface area contributed by atoms with Crippen molar-refractivity contribution < 1.29 is 0 Å². The minimum absolute atomic E-state index is 0.232.